The Kier molecular flexibility index (Phi) is 1.58. The van der Waals surface area contributed by atoms with Crippen LogP contribution >= 0.6 is 0 Å². The molecule has 1 aromatic rings. The van der Waals surface area contributed by atoms with Crippen molar-refractivity contribution in [1.82, 2.24) is 9.78 Å². The van der Waals surface area contributed by atoms with Gasteiger partial charge in [0.25, 0.3) is 0 Å². The molecule has 13 heavy (non-hydrogen) atoms. The van der Waals surface area contributed by atoms with E-state index in [9.17, 15) is 5.11 Å². The van der Waals surface area contributed by atoms with Crippen molar-refractivity contribution < 1.29 is 5.11 Å². The molecular formula is C10H16N2O. The highest BCUT2D eigenvalue weighted by Crippen LogP contribution is 2.63. The van der Waals surface area contributed by atoms with Gasteiger partial charge in [-0.05, 0) is 17.4 Å². The first-order valence-corrected chi connectivity index (χ1v) is 4.62. The van der Waals surface area contributed by atoms with Gasteiger partial charge in [0.05, 0.1) is 12.8 Å². The molecule has 1 aromatic heterocycles. The predicted octanol–water partition coefficient (Wildman–Crippen LogP) is 1.08. The minimum Gasteiger partial charge on any atom is -0.395 e. The third-order valence-electron chi connectivity index (χ3n) is 3.44. The lowest BCUT2D eigenvalue weighted by molar-refractivity contribution is 0.231. The number of nitrogens with zero attached hydrogens (tertiary/aromatic N) is 2. The Morgan fingerprint density at radius 3 is 2.54 bits per heavy atom. The molecule has 1 aliphatic rings. The SMILES string of the molecule is Cn1cc(C2(CO)CC2(C)C)cn1. The molecule has 1 fully saturated rings. The van der Waals surface area contributed by atoms with E-state index in [2.05, 4.69) is 18.9 Å². The molecule has 3 heteroatoms. The summed E-state index contributed by atoms with van der Waals surface area (Å²) in [5.41, 5.74) is 1.37. The Balaban J connectivity index is 2.35. The van der Waals surface area contributed by atoms with Crippen molar-refractivity contribution in [3.8, 4) is 0 Å². The molecule has 0 saturated heterocycles. The van der Waals surface area contributed by atoms with Crippen molar-refractivity contribution >= 4 is 0 Å². The van der Waals surface area contributed by atoms with Gasteiger partial charge in [-0.3, -0.25) is 4.68 Å². The molecule has 0 aromatic carbocycles. The van der Waals surface area contributed by atoms with Gasteiger partial charge in [-0.15, -0.1) is 0 Å². The zero-order chi connectivity index (χ0) is 9.69. The second-order valence-electron chi connectivity index (χ2n) is 4.70. The maximum Gasteiger partial charge on any atom is 0.0534 e. The molecule has 0 aliphatic heterocycles. The summed E-state index contributed by atoms with van der Waals surface area (Å²) < 4.78 is 1.79. The van der Waals surface area contributed by atoms with Crippen molar-refractivity contribution in [3.05, 3.63) is 18.0 Å². The van der Waals surface area contributed by atoms with Crippen LogP contribution in [0.3, 0.4) is 0 Å². The standard InChI is InChI=1S/C10H16N2O/c1-9(2)6-10(9,7-13)8-4-11-12(3)5-8/h4-5,13H,6-7H2,1-3H3. The molecule has 1 saturated carbocycles. The van der Waals surface area contributed by atoms with Crippen LogP contribution in [0.5, 0.6) is 0 Å². The third-order valence-corrected chi connectivity index (χ3v) is 3.44. The predicted molar refractivity (Wildman–Crippen MR) is 50.4 cm³/mol. The first kappa shape index (κ1) is 8.75. The van der Waals surface area contributed by atoms with Crippen molar-refractivity contribution in [1.29, 1.82) is 0 Å². The summed E-state index contributed by atoms with van der Waals surface area (Å²) in [6, 6.07) is 0. The number of hydrogen-bond acceptors (Lipinski definition) is 2. The summed E-state index contributed by atoms with van der Waals surface area (Å²) in [4.78, 5) is 0. The van der Waals surface area contributed by atoms with Crippen LogP contribution in [0.25, 0.3) is 0 Å². The fourth-order valence-corrected chi connectivity index (χ4v) is 2.23. The smallest absolute Gasteiger partial charge is 0.0534 e. The lowest BCUT2D eigenvalue weighted by atomic mass is 9.91. The zero-order valence-corrected chi connectivity index (χ0v) is 8.41. The molecule has 0 amide bonds. The summed E-state index contributed by atoms with van der Waals surface area (Å²) >= 11 is 0. The largest absolute Gasteiger partial charge is 0.395 e. The molecule has 1 heterocycles. The van der Waals surface area contributed by atoms with E-state index in [1.807, 2.05) is 19.4 Å². The maximum absolute atomic E-state index is 9.42. The van der Waals surface area contributed by atoms with Crippen molar-refractivity contribution in [2.45, 2.75) is 25.7 Å². The second kappa shape index (κ2) is 2.35. The van der Waals surface area contributed by atoms with Gasteiger partial charge >= 0.3 is 0 Å². The van der Waals surface area contributed by atoms with Gasteiger partial charge in [-0.1, -0.05) is 13.8 Å². The van der Waals surface area contributed by atoms with E-state index in [1.165, 1.54) is 5.56 Å². The number of hydrogen-bond donors (Lipinski definition) is 1. The van der Waals surface area contributed by atoms with Crippen molar-refractivity contribution in [2.75, 3.05) is 6.61 Å². The van der Waals surface area contributed by atoms with Gasteiger partial charge in [0, 0.05) is 18.7 Å². The summed E-state index contributed by atoms with van der Waals surface area (Å²) in [6.45, 7) is 4.61. The molecule has 2 rings (SSSR count). The topological polar surface area (TPSA) is 38.0 Å². The van der Waals surface area contributed by atoms with Crippen LogP contribution in [0, 0.1) is 5.41 Å². The Hall–Kier alpha value is -0.830. The number of aryl methyl sites for hydroxylation is 1. The Morgan fingerprint density at radius 2 is 2.23 bits per heavy atom. The van der Waals surface area contributed by atoms with Crippen molar-refractivity contribution in [2.24, 2.45) is 12.5 Å². The average molecular weight is 180 g/mol. The van der Waals surface area contributed by atoms with Crippen molar-refractivity contribution in [3.63, 3.8) is 0 Å². The molecule has 3 nitrogen and oxygen atoms in total. The lowest BCUT2D eigenvalue weighted by Crippen LogP contribution is -2.18. The average Bonchev–Trinajstić information content (AvgIpc) is 2.43. The number of rotatable bonds is 2. The van der Waals surface area contributed by atoms with Crippen LogP contribution in [-0.4, -0.2) is 21.5 Å². The van der Waals surface area contributed by atoms with Gasteiger partial charge in [0.1, 0.15) is 0 Å². The van der Waals surface area contributed by atoms with E-state index in [0.717, 1.165) is 6.42 Å². The number of aromatic nitrogens is 2. The van der Waals surface area contributed by atoms with Gasteiger partial charge in [0.15, 0.2) is 0 Å². The number of aliphatic hydroxyl groups is 1. The van der Waals surface area contributed by atoms with Crippen LogP contribution in [0.4, 0.5) is 0 Å². The summed E-state index contributed by atoms with van der Waals surface area (Å²) in [7, 11) is 1.91. The van der Waals surface area contributed by atoms with Gasteiger partial charge in [-0.25, -0.2) is 0 Å². The van der Waals surface area contributed by atoms with Crippen LogP contribution in [-0.2, 0) is 12.5 Å². The van der Waals surface area contributed by atoms with Gasteiger partial charge in [0.2, 0.25) is 0 Å². The van der Waals surface area contributed by atoms with Crippen LogP contribution in [0.1, 0.15) is 25.8 Å². The summed E-state index contributed by atoms with van der Waals surface area (Å²) in [5.74, 6) is 0. The van der Waals surface area contributed by atoms with E-state index >= 15 is 0 Å². The van der Waals surface area contributed by atoms with Gasteiger partial charge < -0.3 is 5.11 Å². The zero-order valence-electron chi connectivity index (χ0n) is 8.41. The highest BCUT2D eigenvalue weighted by Gasteiger charge is 2.62. The molecule has 1 N–H and O–H groups in total. The maximum atomic E-state index is 9.42. The molecule has 0 spiro atoms. The molecule has 72 valence electrons. The number of aliphatic hydroxyl groups excluding tert-OH is 1. The molecule has 0 radical (unpaired) electrons. The van der Waals surface area contributed by atoms with Crippen LogP contribution < -0.4 is 0 Å². The molecule has 0 bridgehead atoms. The van der Waals surface area contributed by atoms with Crippen LogP contribution in [0.2, 0.25) is 0 Å². The molecule has 1 atom stereocenters. The molecular weight excluding hydrogens is 164 g/mol. The Labute approximate surface area is 78.4 Å². The normalized spacial score (nSPS) is 30.5. The molecule has 1 unspecified atom stereocenters. The van der Waals surface area contributed by atoms with Crippen LogP contribution in [0.15, 0.2) is 12.4 Å². The fourth-order valence-electron chi connectivity index (χ4n) is 2.23. The summed E-state index contributed by atoms with van der Waals surface area (Å²) in [6.07, 6.45) is 4.93. The highest BCUT2D eigenvalue weighted by molar-refractivity contribution is 5.34. The minimum atomic E-state index is -0.0265. The third kappa shape index (κ3) is 1.03. The second-order valence-corrected chi connectivity index (χ2v) is 4.70. The minimum absolute atomic E-state index is 0.0265. The van der Waals surface area contributed by atoms with E-state index < -0.39 is 0 Å². The van der Waals surface area contributed by atoms with Gasteiger partial charge in [-0.2, -0.15) is 5.10 Å². The Bertz CT molecular complexity index is 329. The quantitative estimate of drug-likeness (QED) is 0.739. The monoisotopic (exact) mass is 180 g/mol. The van der Waals surface area contributed by atoms with E-state index in [0.29, 0.717) is 0 Å². The van der Waals surface area contributed by atoms with E-state index in [4.69, 9.17) is 0 Å². The molecule has 1 aliphatic carbocycles. The van der Waals surface area contributed by atoms with E-state index in [-0.39, 0.29) is 17.4 Å². The Morgan fingerprint density at radius 1 is 1.62 bits per heavy atom. The fraction of sp³-hybridized carbons (Fsp3) is 0.700. The first-order valence-electron chi connectivity index (χ1n) is 4.62. The van der Waals surface area contributed by atoms with E-state index in [1.54, 1.807) is 4.68 Å². The highest BCUT2D eigenvalue weighted by atomic mass is 16.3. The lowest BCUT2D eigenvalue weighted by Gasteiger charge is -2.15. The first-order chi connectivity index (χ1) is 6.02. The summed E-state index contributed by atoms with van der Waals surface area (Å²) in [5, 5.41) is 13.6.